The molecule has 2 aliphatic heterocycles. The van der Waals surface area contributed by atoms with E-state index < -0.39 is 0 Å². The van der Waals surface area contributed by atoms with Crippen LogP contribution in [0.5, 0.6) is 0 Å². The fourth-order valence-corrected chi connectivity index (χ4v) is 3.96. The molecule has 1 amide bonds. The van der Waals surface area contributed by atoms with Crippen molar-refractivity contribution >= 4 is 35.8 Å². The number of carbonyl (C=O) groups excluding carboxylic acids is 1. The van der Waals surface area contributed by atoms with E-state index in [1.807, 2.05) is 4.90 Å². The number of nitrogens with zero attached hydrogens (tertiary/aromatic N) is 3. The molecule has 7 heteroatoms. The van der Waals surface area contributed by atoms with Crippen LogP contribution in [-0.4, -0.2) is 73.0 Å². The second-order valence-corrected chi connectivity index (χ2v) is 7.25. The van der Waals surface area contributed by atoms with Crippen LogP contribution in [0.2, 0.25) is 0 Å². The summed E-state index contributed by atoms with van der Waals surface area (Å²) in [5.41, 5.74) is 0. The van der Waals surface area contributed by atoms with Gasteiger partial charge >= 0.3 is 0 Å². The molecule has 2 fully saturated rings. The Morgan fingerprint density at radius 2 is 1.92 bits per heavy atom. The van der Waals surface area contributed by atoms with Crippen molar-refractivity contribution in [1.82, 2.24) is 20.4 Å². The van der Waals surface area contributed by atoms with Crippen LogP contribution in [0.15, 0.2) is 4.99 Å². The lowest BCUT2D eigenvalue weighted by Gasteiger charge is -2.33. The monoisotopic (exact) mass is 479 g/mol. The molecule has 0 saturated carbocycles. The number of amides is 1. The van der Waals surface area contributed by atoms with Crippen LogP contribution in [0.1, 0.15) is 59.3 Å². The molecule has 2 unspecified atom stereocenters. The van der Waals surface area contributed by atoms with Gasteiger partial charge in [-0.05, 0) is 59.0 Å². The SMILES string of the molecule is CCNC(=NCC1CCCN1CC)NCCC(=O)N1CCCCC1C.I. The Labute approximate surface area is 176 Å². The van der Waals surface area contributed by atoms with Gasteiger partial charge in [0.05, 0.1) is 6.54 Å². The van der Waals surface area contributed by atoms with Crippen LogP contribution in [-0.2, 0) is 4.79 Å². The van der Waals surface area contributed by atoms with E-state index in [-0.39, 0.29) is 29.9 Å². The van der Waals surface area contributed by atoms with Crippen LogP contribution in [0.4, 0.5) is 0 Å². The zero-order chi connectivity index (χ0) is 18.1. The van der Waals surface area contributed by atoms with Crippen molar-refractivity contribution in [3.05, 3.63) is 0 Å². The zero-order valence-corrected chi connectivity index (χ0v) is 19.1. The van der Waals surface area contributed by atoms with Gasteiger partial charge in [-0.3, -0.25) is 14.7 Å². The molecular weight excluding hydrogens is 441 g/mol. The molecular formula is C19H38IN5O. The van der Waals surface area contributed by atoms with Crippen LogP contribution in [0, 0.1) is 0 Å². The highest BCUT2D eigenvalue weighted by Gasteiger charge is 2.23. The molecule has 2 heterocycles. The Hall–Kier alpha value is -0.570. The summed E-state index contributed by atoms with van der Waals surface area (Å²) in [5.74, 6) is 1.11. The highest BCUT2D eigenvalue weighted by molar-refractivity contribution is 14.0. The molecule has 0 aromatic heterocycles. The summed E-state index contributed by atoms with van der Waals surface area (Å²) in [7, 11) is 0. The van der Waals surface area contributed by atoms with E-state index in [1.165, 1.54) is 25.8 Å². The first-order valence-electron chi connectivity index (χ1n) is 10.2. The van der Waals surface area contributed by atoms with E-state index in [9.17, 15) is 4.79 Å². The summed E-state index contributed by atoms with van der Waals surface area (Å²) in [6.45, 7) is 12.0. The second kappa shape index (κ2) is 12.8. The molecule has 0 aliphatic carbocycles. The van der Waals surface area contributed by atoms with E-state index in [1.54, 1.807) is 0 Å². The fourth-order valence-electron chi connectivity index (χ4n) is 3.96. The molecule has 2 saturated heterocycles. The number of aliphatic imine (C=N–C) groups is 1. The first-order valence-corrected chi connectivity index (χ1v) is 10.2. The summed E-state index contributed by atoms with van der Waals surface area (Å²) in [4.78, 5) is 21.7. The number of carbonyl (C=O) groups is 1. The Morgan fingerprint density at radius 1 is 1.12 bits per heavy atom. The molecule has 0 aromatic carbocycles. The Morgan fingerprint density at radius 3 is 2.62 bits per heavy atom. The third-order valence-electron chi connectivity index (χ3n) is 5.46. The molecule has 2 atom stereocenters. The number of hydrogen-bond donors (Lipinski definition) is 2. The molecule has 152 valence electrons. The number of guanidine groups is 1. The molecule has 0 bridgehead atoms. The summed E-state index contributed by atoms with van der Waals surface area (Å²) in [5, 5.41) is 6.63. The summed E-state index contributed by atoms with van der Waals surface area (Å²) in [6, 6.07) is 0.960. The van der Waals surface area contributed by atoms with Gasteiger partial charge in [-0.15, -0.1) is 24.0 Å². The highest BCUT2D eigenvalue weighted by atomic mass is 127. The normalized spacial score (nSPS) is 24.3. The molecule has 6 nitrogen and oxygen atoms in total. The van der Waals surface area contributed by atoms with Gasteiger partial charge in [-0.25, -0.2) is 0 Å². The van der Waals surface area contributed by atoms with Crippen molar-refractivity contribution < 1.29 is 4.79 Å². The second-order valence-electron chi connectivity index (χ2n) is 7.25. The Kier molecular flexibility index (Phi) is 11.5. The van der Waals surface area contributed by atoms with Gasteiger partial charge in [-0.2, -0.15) is 0 Å². The zero-order valence-electron chi connectivity index (χ0n) is 16.8. The quantitative estimate of drug-likeness (QED) is 0.335. The lowest BCUT2D eigenvalue weighted by Crippen LogP contribution is -2.44. The molecule has 0 spiro atoms. The lowest BCUT2D eigenvalue weighted by atomic mass is 10.0. The Balaban J connectivity index is 0.00000338. The van der Waals surface area contributed by atoms with Gasteiger partial charge in [0.15, 0.2) is 5.96 Å². The van der Waals surface area contributed by atoms with Crippen molar-refractivity contribution in [2.75, 3.05) is 39.3 Å². The number of nitrogens with one attached hydrogen (secondary N) is 2. The van der Waals surface area contributed by atoms with Crippen molar-refractivity contribution in [3.63, 3.8) is 0 Å². The maximum atomic E-state index is 12.4. The van der Waals surface area contributed by atoms with E-state index in [0.717, 1.165) is 45.0 Å². The molecule has 2 N–H and O–H groups in total. The number of rotatable bonds is 7. The largest absolute Gasteiger partial charge is 0.357 e. The van der Waals surface area contributed by atoms with E-state index >= 15 is 0 Å². The van der Waals surface area contributed by atoms with E-state index in [4.69, 9.17) is 4.99 Å². The van der Waals surface area contributed by atoms with Crippen molar-refractivity contribution in [2.45, 2.75) is 71.4 Å². The number of likely N-dealkylation sites (N-methyl/N-ethyl adjacent to an activating group) is 1. The molecule has 0 radical (unpaired) electrons. The molecule has 2 aliphatic rings. The van der Waals surface area contributed by atoms with Crippen LogP contribution >= 0.6 is 24.0 Å². The lowest BCUT2D eigenvalue weighted by molar-refractivity contribution is -0.134. The predicted molar refractivity (Wildman–Crippen MR) is 119 cm³/mol. The minimum absolute atomic E-state index is 0. The van der Waals surface area contributed by atoms with Gasteiger partial charge in [0.2, 0.25) is 5.91 Å². The summed E-state index contributed by atoms with van der Waals surface area (Å²) in [6.07, 6.45) is 6.58. The van der Waals surface area contributed by atoms with Gasteiger partial charge in [0, 0.05) is 38.1 Å². The fraction of sp³-hybridized carbons (Fsp3) is 0.895. The number of halogens is 1. The molecule has 0 aromatic rings. The van der Waals surface area contributed by atoms with Gasteiger partial charge in [0.25, 0.3) is 0 Å². The maximum absolute atomic E-state index is 12.4. The third kappa shape index (κ3) is 7.21. The standard InChI is InChI=1S/C19H37N5O.HI/c1-4-20-19(22-15-17-10-8-13-23(17)5-2)21-12-11-18(25)24-14-7-6-9-16(24)3;/h16-17H,4-15H2,1-3H3,(H2,20,21,22);1H. The third-order valence-corrected chi connectivity index (χ3v) is 5.46. The van der Waals surface area contributed by atoms with Crippen LogP contribution in [0.25, 0.3) is 0 Å². The summed E-state index contributed by atoms with van der Waals surface area (Å²) < 4.78 is 0. The minimum atomic E-state index is 0. The Bertz CT molecular complexity index is 446. The predicted octanol–water partition coefficient (Wildman–Crippen LogP) is 2.43. The van der Waals surface area contributed by atoms with Crippen molar-refractivity contribution in [3.8, 4) is 0 Å². The van der Waals surface area contributed by atoms with E-state index in [0.29, 0.717) is 25.0 Å². The molecule has 26 heavy (non-hydrogen) atoms. The average Bonchev–Trinajstić information content (AvgIpc) is 3.07. The number of hydrogen-bond acceptors (Lipinski definition) is 3. The maximum Gasteiger partial charge on any atom is 0.224 e. The van der Waals surface area contributed by atoms with Crippen LogP contribution < -0.4 is 10.6 Å². The van der Waals surface area contributed by atoms with Gasteiger partial charge < -0.3 is 15.5 Å². The first kappa shape index (κ1) is 23.5. The van der Waals surface area contributed by atoms with Crippen molar-refractivity contribution in [2.24, 2.45) is 4.99 Å². The first-order chi connectivity index (χ1) is 12.2. The van der Waals surface area contributed by atoms with Crippen molar-refractivity contribution in [1.29, 1.82) is 0 Å². The average molecular weight is 479 g/mol. The number of likely N-dealkylation sites (tertiary alicyclic amines) is 2. The number of piperidine rings is 1. The smallest absolute Gasteiger partial charge is 0.224 e. The minimum Gasteiger partial charge on any atom is -0.357 e. The van der Waals surface area contributed by atoms with Gasteiger partial charge in [-0.1, -0.05) is 6.92 Å². The van der Waals surface area contributed by atoms with E-state index in [2.05, 4.69) is 36.3 Å². The van der Waals surface area contributed by atoms with Crippen LogP contribution in [0.3, 0.4) is 0 Å². The highest BCUT2D eigenvalue weighted by Crippen LogP contribution is 2.17. The summed E-state index contributed by atoms with van der Waals surface area (Å²) >= 11 is 0. The topological polar surface area (TPSA) is 60.0 Å². The molecule has 2 rings (SSSR count). The van der Waals surface area contributed by atoms with Gasteiger partial charge in [0.1, 0.15) is 0 Å².